The van der Waals surface area contributed by atoms with E-state index >= 15 is 0 Å². The third-order valence-corrected chi connectivity index (χ3v) is 1.58. The van der Waals surface area contributed by atoms with Crippen LogP contribution in [-0.2, 0) is 4.79 Å². The number of hydrogen-bond donors (Lipinski definition) is 1. The Morgan fingerprint density at radius 1 is 1.82 bits per heavy atom. The first-order valence-corrected chi connectivity index (χ1v) is 3.83. The van der Waals surface area contributed by atoms with Crippen LogP contribution < -0.4 is 5.73 Å². The molecule has 0 aromatic carbocycles. The molecule has 0 aliphatic heterocycles. The van der Waals surface area contributed by atoms with E-state index < -0.39 is 5.91 Å². The number of nitrogens with zero attached hydrogens (tertiary/aromatic N) is 1. The summed E-state index contributed by atoms with van der Waals surface area (Å²) in [4.78, 5) is 14.1. The second-order valence-corrected chi connectivity index (χ2v) is 2.68. The predicted octanol–water partition coefficient (Wildman–Crippen LogP) is 0.370. The summed E-state index contributed by atoms with van der Waals surface area (Å²) < 4.78 is 0. The molecule has 0 aliphatic rings. The number of amides is 1. The van der Waals surface area contributed by atoms with Crippen LogP contribution in [0.15, 0.2) is 11.6 Å². The number of rotatable bonds is 1. The highest BCUT2D eigenvalue weighted by Gasteiger charge is 1.87. The number of carbonyl (C=O) groups excluding carboxylic acids is 1. The molecule has 2 N–H and O–H groups in total. The molecule has 0 atom stereocenters. The molecule has 1 heterocycles. The van der Waals surface area contributed by atoms with Gasteiger partial charge in [0.1, 0.15) is 0 Å². The van der Waals surface area contributed by atoms with E-state index in [1.807, 2.05) is 5.38 Å². The summed E-state index contributed by atoms with van der Waals surface area (Å²) in [5, 5.41) is 2.54. The van der Waals surface area contributed by atoms with Crippen molar-refractivity contribution in [1.29, 1.82) is 0 Å². The van der Waals surface area contributed by atoms with Gasteiger partial charge in [-0.2, -0.15) is 0 Å². The molecule has 0 unspecified atom stereocenters. The largest absolute Gasteiger partial charge is 0.369 e. The second kappa shape index (κ2) is 3.74. The zero-order valence-electron chi connectivity index (χ0n) is 5.70. The van der Waals surface area contributed by atoms with Gasteiger partial charge in [0.2, 0.25) is 5.91 Å². The predicted molar refractivity (Wildman–Crippen MR) is 42.8 cm³/mol. The molecule has 4 heteroatoms. The van der Waals surface area contributed by atoms with Gasteiger partial charge >= 0.3 is 0 Å². The van der Waals surface area contributed by atoms with Gasteiger partial charge in [0, 0.05) is 11.6 Å². The maximum Gasteiger partial charge on any atom is 0.229 e. The van der Waals surface area contributed by atoms with Gasteiger partial charge in [-0.25, -0.2) is 4.98 Å². The number of nitrogens with two attached hydrogens (primary N) is 1. The van der Waals surface area contributed by atoms with Crippen LogP contribution in [0.2, 0.25) is 0 Å². The molecule has 0 bridgehead atoms. The van der Waals surface area contributed by atoms with E-state index in [1.165, 1.54) is 11.3 Å². The van der Waals surface area contributed by atoms with Gasteiger partial charge in [0.05, 0.1) is 6.42 Å². The van der Waals surface area contributed by atoms with Crippen molar-refractivity contribution >= 4 is 17.2 Å². The first kappa shape index (κ1) is 7.76. The van der Waals surface area contributed by atoms with Crippen molar-refractivity contribution in [2.45, 2.75) is 6.42 Å². The summed E-state index contributed by atoms with van der Waals surface area (Å²) in [5.41, 5.74) is 4.87. The van der Waals surface area contributed by atoms with E-state index in [4.69, 9.17) is 5.73 Å². The average Bonchev–Trinajstić information content (AvgIpc) is 2.39. The minimum absolute atomic E-state index is 0.0968. The molecule has 1 rings (SSSR count). The zero-order valence-corrected chi connectivity index (χ0v) is 6.52. The van der Waals surface area contributed by atoms with Gasteiger partial charge in [-0.05, 0) is 5.92 Å². The van der Waals surface area contributed by atoms with E-state index in [-0.39, 0.29) is 6.42 Å². The van der Waals surface area contributed by atoms with Crippen molar-refractivity contribution in [3.63, 3.8) is 0 Å². The maximum atomic E-state index is 10.2. The molecule has 0 spiro atoms. The van der Waals surface area contributed by atoms with Crippen molar-refractivity contribution in [2.75, 3.05) is 0 Å². The van der Waals surface area contributed by atoms with Crippen LogP contribution in [-0.4, -0.2) is 10.9 Å². The minimum Gasteiger partial charge on any atom is -0.369 e. The lowest BCUT2D eigenvalue weighted by molar-refractivity contribution is -0.117. The fourth-order valence-corrected chi connectivity index (χ4v) is 0.996. The molecule has 0 saturated carbocycles. The topological polar surface area (TPSA) is 56.0 Å². The molecule has 1 aromatic heterocycles. The van der Waals surface area contributed by atoms with E-state index in [1.54, 1.807) is 6.20 Å². The molecule has 0 aliphatic carbocycles. The van der Waals surface area contributed by atoms with Crippen molar-refractivity contribution < 1.29 is 4.79 Å². The Labute approximate surface area is 68.3 Å². The molecular weight excluding hydrogens is 160 g/mol. The SMILES string of the molecule is NC(=O)CC#Cc1nccs1. The van der Waals surface area contributed by atoms with E-state index in [0.29, 0.717) is 5.01 Å². The Balaban J connectivity index is 2.52. The zero-order chi connectivity index (χ0) is 8.10. The first-order valence-electron chi connectivity index (χ1n) is 2.95. The van der Waals surface area contributed by atoms with Crippen LogP contribution in [0.4, 0.5) is 0 Å². The first-order chi connectivity index (χ1) is 5.29. The van der Waals surface area contributed by atoms with Gasteiger partial charge in [0.15, 0.2) is 5.01 Å². The molecule has 56 valence electrons. The van der Waals surface area contributed by atoms with E-state index in [9.17, 15) is 4.79 Å². The van der Waals surface area contributed by atoms with Crippen LogP contribution in [0.3, 0.4) is 0 Å². The molecule has 3 nitrogen and oxygen atoms in total. The average molecular weight is 166 g/mol. The molecule has 0 radical (unpaired) electrons. The van der Waals surface area contributed by atoms with E-state index in [2.05, 4.69) is 16.8 Å². The summed E-state index contributed by atoms with van der Waals surface area (Å²) in [6.07, 6.45) is 1.76. The van der Waals surface area contributed by atoms with Crippen LogP contribution >= 0.6 is 11.3 Å². The molecule has 0 saturated heterocycles. The van der Waals surface area contributed by atoms with Gasteiger partial charge in [-0.15, -0.1) is 11.3 Å². The minimum atomic E-state index is -0.408. The fourth-order valence-electron chi connectivity index (χ4n) is 0.492. The normalized spacial score (nSPS) is 8.36. The quantitative estimate of drug-likeness (QED) is 0.613. The molecule has 11 heavy (non-hydrogen) atoms. The highest BCUT2D eigenvalue weighted by Crippen LogP contribution is 2.00. The summed E-state index contributed by atoms with van der Waals surface area (Å²) in [5.74, 6) is 4.91. The van der Waals surface area contributed by atoms with Crippen LogP contribution in [0.25, 0.3) is 0 Å². The lowest BCUT2D eigenvalue weighted by Gasteiger charge is -1.78. The van der Waals surface area contributed by atoms with E-state index in [0.717, 1.165) is 0 Å². The number of hydrogen-bond acceptors (Lipinski definition) is 3. The van der Waals surface area contributed by atoms with Crippen molar-refractivity contribution in [3.8, 4) is 11.8 Å². The van der Waals surface area contributed by atoms with Crippen molar-refractivity contribution in [1.82, 2.24) is 4.98 Å². The van der Waals surface area contributed by atoms with Gasteiger partial charge in [0.25, 0.3) is 0 Å². The fraction of sp³-hybridized carbons (Fsp3) is 0.143. The second-order valence-electron chi connectivity index (χ2n) is 1.78. The number of aromatic nitrogens is 1. The number of primary amides is 1. The number of thiazole rings is 1. The standard InChI is InChI=1S/C7H6N2OS/c8-6(10)2-1-3-7-9-4-5-11-7/h4-5H,2H2,(H2,8,10). The molecule has 0 fully saturated rings. The monoisotopic (exact) mass is 166 g/mol. The van der Waals surface area contributed by atoms with Crippen molar-refractivity contribution in [3.05, 3.63) is 16.6 Å². The lowest BCUT2D eigenvalue weighted by Crippen LogP contribution is -2.08. The van der Waals surface area contributed by atoms with Gasteiger partial charge < -0.3 is 5.73 Å². The van der Waals surface area contributed by atoms with Crippen LogP contribution in [0.1, 0.15) is 11.4 Å². The third-order valence-electron chi connectivity index (χ3n) is 0.890. The lowest BCUT2D eigenvalue weighted by atomic mass is 10.4. The summed E-state index contributed by atoms with van der Waals surface area (Å²) in [7, 11) is 0. The summed E-state index contributed by atoms with van der Waals surface area (Å²) in [6.45, 7) is 0. The Hall–Kier alpha value is -1.34. The molecule has 1 amide bonds. The Kier molecular flexibility index (Phi) is 2.64. The Morgan fingerprint density at radius 2 is 2.64 bits per heavy atom. The summed E-state index contributed by atoms with van der Waals surface area (Å²) >= 11 is 1.44. The molecular formula is C7H6N2OS. The van der Waals surface area contributed by atoms with Crippen molar-refractivity contribution in [2.24, 2.45) is 5.73 Å². The Bertz CT molecular complexity index is 294. The summed E-state index contributed by atoms with van der Waals surface area (Å²) in [6, 6.07) is 0. The highest BCUT2D eigenvalue weighted by molar-refractivity contribution is 7.10. The third kappa shape index (κ3) is 2.83. The van der Waals surface area contributed by atoms with Gasteiger partial charge in [-0.3, -0.25) is 4.79 Å². The van der Waals surface area contributed by atoms with Crippen LogP contribution in [0.5, 0.6) is 0 Å². The van der Waals surface area contributed by atoms with Gasteiger partial charge in [-0.1, -0.05) is 5.92 Å². The van der Waals surface area contributed by atoms with Crippen LogP contribution in [0, 0.1) is 11.8 Å². The maximum absolute atomic E-state index is 10.2. The molecule has 1 aromatic rings. The smallest absolute Gasteiger partial charge is 0.229 e. The number of carbonyl (C=O) groups is 1. The highest BCUT2D eigenvalue weighted by atomic mass is 32.1. The Morgan fingerprint density at radius 3 is 3.18 bits per heavy atom.